The standard InChI is InChI=1S/C60H40N4.C3H8/c1-60(2)52-26-13-12-21-47(52)51-36-42(33-34-53(51)60)44-24-14-25-50-54-48-22-10-8-19-45(48)46-20-9-11-23-49(46)56(54)64(55(44)50)59-62-57(40-30-27-39(28-31-40)37-15-4-3-5-16-37)61-58(63-59)43-32-29-38-17-6-7-18-41(38)35-43;1-3-2/h3-36H,1-2H3;3H2,1-2H3. The van der Waals surface area contributed by atoms with Gasteiger partial charge in [0.15, 0.2) is 11.6 Å². The number of aromatic nitrogens is 4. The summed E-state index contributed by atoms with van der Waals surface area (Å²) in [5.41, 5.74) is 13.8. The second-order valence-corrected chi connectivity index (χ2v) is 18.3. The van der Waals surface area contributed by atoms with Crippen molar-refractivity contribution in [1.82, 2.24) is 19.5 Å². The maximum Gasteiger partial charge on any atom is 0.238 e. The summed E-state index contributed by atoms with van der Waals surface area (Å²) in [7, 11) is 0. The predicted molar refractivity (Wildman–Crippen MR) is 282 cm³/mol. The van der Waals surface area contributed by atoms with Crippen LogP contribution in [0.5, 0.6) is 0 Å². The zero-order valence-electron chi connectivity index (χ0n) is 38.1. The Morgan fingerprint density at radius 1 is 0.373 bits per heavy atom. The van der Waals surface area contributed by atoms with Crippen molar-refractivity contribution in [2.45, 2.75) is 39.5 Å². The van der Waals surface area contributed by atoms with E-state index in [1.807, 2.05) is 0 Å². The summed E-state index contributed by atoms with van der Waals surface area (Å²) in [6.45, 7) is 8.93. The third-order valence-electron chi connectivity index (χ3n) is 13.6. The third-order valence-corrected chi connectivity index (χ3v) is 13.6. The van der Waals surface area contributed by atoms with Gasteiger partial charge in [-0.15, -0.1) is 0 Å². The van der Waals surface area contributed by atoms with E-state index in [9.17, 15) is 0 Å². The second-order valence-electron chi connectivity index (χ2n) is 18.3. The maximum atomic E-state index is 5.51. The largest absolute Gasteiger partial charge is 0.277 e. The lowest BCUT2D eigenvalue weighted by molar-refractivity contribution is 0.660. The van der Waals surface area contributed by atoms with Crippen molar-refractivity contribution in [2.75, 3.05) is 0 Å². The molecule has 12 aromatic rings. The molecule has 0 saturated heterocycles. The van der Waals surface area contributed by atoms with Gasteiger partial charge in [0.2, 0.25) is 5.95 Å². The molecule has 1 aliphatic rings. The quantitative estimate of drug-likeness (QED) is 0.162. The molecule has 0 fully saturated rings. The van der Waals surface area contributed by atoms with Gasteiger partial charge in [-0.1, -0.05) is 228 Å². The zero-order valence-corrected chi connectivity index (χ0v) is 38.1. The molecule has 0 aliphatic heterocycles. The van der Waals surface area contributed by atoms with Gasteiger partial charge in [0.05, 0.1) is 11.0 Å². The summed E-state index contributed by atoms with van der Waals surface area (Å²) in [6, 6.07) is 74.3. The van der Waals surface area contributed by atoms with Gasteiger partial charge in [-0.3, -0.25) is 4.57 Å². The highest BCUT2D eigenvalue weighted by Gasteiger charge is 2.35. The summed E-state index contributed by atoms with van der Waals surface area (Å²) < 4.78 is 2.34. The summed E-state index contributed by atoms with van der Waals surface area (Å²) in [5.74, 6) is 1.80. The van der Waals surface area contributed by atoms with Crippen LogP contribution >= 0.6 is 0 Å². The summed E-state index contributed by atoms with van der Waals surface area (Å²) >= 11 is 0. The van der Waals surface area contributed by atoms with Crippen molar-refractivity contribution < 1.29 is 0 Å². The van der Waals surface area contributed by atoms with Gasteiger partial charge in [-0.05, 0) is 78.0 Å². The van der Waals surface area contributed by atoms with Crippen LogP contribution in [0.4, 0.5) is 0 Å². The van der Waals surface area contributed by atoms with Crippen molar-refractivity contribution in [1.29, 1.82) is 0 Å². The van der Waals surface area contributed by atoms with E-state index in [1.54, 1.807) is 0 Å². The van der Waals surface area contributed by atoms with Gasteiger partial charge in [0.1, 0.15) is 0 Å². The highest BCUT2D eigenvalue weighted by molar-refractivity contribution is 6.33. The van der Waals surface area contributed by atoms with E-state index in [0.717, 1.165) is 60.6 Å². The number of para-hydroxylation sites is 1. The van der Waals surface area contributed by atoms with Crippen molar-refractivity contribution in [3.8, 4) is 62.1 Å². The SMILES string of the molecule is CC1(C)c2ccccc2-c2cc(-c3cccc4c5c6ccccc6c6ccccc6c5n(-c5nc(-c6ccc(-c7ccccc7)cc6)nc(-c6ccc7ccccc7c6)n5)c34)ccc21.CCC. The Morgan fingerprint density at radius 3 is 1.69 bits per heavy atom. The number of hydrogen-bond acceptors (Lipinski definition) is 3. The molecule has 2 aromatic heterocycles. The molecule has 0 unspecified atom stereocenters. The number of hydrogen-bond donors (Lipinski definition) is 0. The molecule has 0 N–H and O–H groups in total. The van der Waals surface area contributed by atoms with E-state index in [2.05, 4.69) is 239 Å². The van der Waals surface area contributed by atoms with Crippen LogP contribution in [0.25, 0.3) is 116 Å². The van der Waals surface area contributed by atoms with E-state index < -0.39 is 0 Å². The topological polar surface area (TPSA) is 43.6 Å². The van der Waals surface area contributed by atoms with E-state index in [0.29, 0.717) is 17.6 Å². The molecule has 0 saturated carbocycles. The van der Waals surface area contributed by atoms with E-state index in [4.69, 9.17) is 15.0 Å². The Balaban J connectivity index is 0.00000152. The molecule has 13 rings (SSSR count). The monoisotopic (exact) mass is 860 g/mol. The Bertz CT molecular complexity index is 3880. The highest BCUT2D eigenvalue weighted by Crippen LogP contribution is 2.51. The molecule has 320 valence electrons. The smallest absolute Gasteiger partial charge is 0.238 e. The number of nitrogens with zero attached hydrogens (tertiary/aromatic N) is 4. The lowest BCUT2D eigenvalue weighted by atomic mass is 9.82. The number of rotatable bonds is 5. The number of benzene rings is 10. The van der Waals surface area contributed by atoms with Crippen LogP contribution in [-0.2, 0) is 5.41 Å². The van der Waals surface area contributed by atoms with Crippen LogP contribution in [0, 0.1) is 0 Å². The van der Waals surface area contributed by atoms with Crippen LogP contribution in [-0.4, -0.2) is 19.5 Å². The minimum Gasteiger partial charge on any atom is -0.277 e. The summed E-state index contributed by atoms with van der Waals surface area (Å²) in [5, 5.41) is 9.38. The molecular formula is C63H48N4. The van der Waals surface area contributed by atoms with Crippen LogP contribution < -0.4 is 0 Å². The van der Waals surface area contributed by atoms with Crippen molar-refractivity contribution in [3.05, 3.63) is 217 Å². The van der Waals surface area contributed by atoms with Crippen LogP contribution in [0.2, 0.25) is 0 Å². The first-order valence-corrected chi connectivity index (χ1v) is 23.4. The normalized spacial score (nSPS) is 12.7. The third kappa shape index (κ3) is 6.54. The molecule has 0 atom stereocenters. The zero-order chi connectivity index (χ0) is 45.2. The minimum atomic E-state index is -0.0943. The fraction of sp³-hybridized carbons (Fsp3) is 0.0952. The Hall–Kier alpha value is -8.21. The molecule has 0 spiro atoms. The van der Waals surface area contributed by atoms with Crippen molar-refractivity contribution in [2.24, 2.45) is 0 Å². The molecule has 4 nitrogen and oxygen atoms in total. The van der Waals surface area contributed by atoms with Gasteiger partial charge < -0.3 is 0 Å². The molecule has 10 aromatic carbocycles. The summed E-state index contributed by atoms with van der Waals surface area (Å²) in [6.07, 6.45) is 1.25. The lowest BCUT2D eigenvalue weighted by Crippen LogP contribution is -2.14. The first-order valence-electron chi connectivity index (χ1n) is 23.4. The van der Waals surface area contributed by atoms with Gasteiger partial charge in [-0.2, -0.15) is 9.97 Å². The molecule has 2 heterocycles. The van der Waals surface area contributed by atoms with E-state index in [1.165, 1.54) is 55.6 Å². The fourth-order valence-corrected chi connectivity index (χ4v) is 10.5. The first-order chi connectivity index (χ1) is 32.9. The van der Waals surface area contributed by atoms with Crippen molar-refractivity contribution in [3.63, 3.8) is 0 Å². The average molecular weight is 861 g/mol. The molecular weight excluding hydrogens is 813 g/mol. The average Bonchev–Trinajstić information content (AvgIpc) is 3.86. The van der Waals surface area contributed by atoms with Gasteiger partial charge >= 0.3 is 0 Å². The number of fused-ring (bicyclic) bond motifs is 12. The molecule has 4 heteroatoms. The Morgan fingerprint density at radius 2 is 0.910 bits per heavy atom. The van der Waals surface area contributed by atoms with E-state index >= 15 is 0 Å². The van der Waals surface area contributed by atoms with Gasteiger partial charge in [0, 0.05) is 38.3 Å². The Labute approximate surface area is 390 Å². The minimum absolute atomic E-state index is 0.0943. The predicted octanol–water partition coefficient (Wildman–Crippen LogP) is 16.8. The van der Waals surface area contributed by atoms with E-state index in [-0.39, 0.29) is 5.41 Å². The Kier molecular flexibility index (Phi) is 9.65. The fourth-order valence-electron chi connectivity index (χ4n) is 10.5. The summed E-state index contributed by atoms with van der Waals surface area (Å²) in [4.78, 5) is 16.3. The van der Waals surface area contributed by atoms with Crippen molar-refractivity contribution >= 4 is 54.1 Å². The second kappa shape index (κ2) is 16.0. The molecule has 0 bridgehead atoms. The van der Waals surface area contributed by atoms with Crippen LogP contribution in [0.1, 0.15) is 45.2 Å². The molecule has 0 amide bonds. The molecule has 67 heavy (non-hydrogen) atoms. The van der Waals surface area contributed by atoms with Crippen LogP contribution in [0.15, 0.2) is 206 Å². The van der Waals surface area contributed by atoms with Gasteiger partial charge in [-0.25, -0.2) is 4.98 Å². The maximum absolute atomic E-state index is 5.51. The first kappa shape index (κ1) is 40.3. The molecule has 0 radical (unpaired) electrons. The highest BCUT2D eigenvalue weighted by atomic mass is 15.2. The molecule has 1 aliphatic carbocycles. The van der Waals surface area contributed by atoms with Crippen LogP contribution in [0.3, 0.4) is 0 Å². The van der Waals surface area contributed by atoms with Gasteiger partial charge in [0.25, 0.3) is 0 Å². The lowest BCUT2D eigenvalue weighted by Gasteiger charge is -2.21.